The first-order valence-corrected chi connectivity index (χ1v) is 9.58. The summed E-state index contributed by atoms with van der Waals surface area (Å²) in [6, 6.07) is 20.5. The van der Waals surface area contributed by atoms with Crippen molar-refractivity contribution in [2.75, 3.05) is 6.61 Å². The summed E-state index contributed by atoms with van der Waals surface area (Å²) in [5.41, 5.74) is 4.36. The molecule has 28 heavy (non-hydrogen) atoms. The molecule has 2 aromatic carbocycles. The van der Waals surface area contributed by atoms with Crippen molar-refractivity contribution in [2.24, 2.45) is 5.10 Å². The monoisotopic (exact) mass is 371 g/mol. The van der Waals surface area contributed by atoms with E-state index in [-0.39, 0.29) is 12.3 Å². The Kier molecular flexibility index (Phi) is 4.20. The van der Waals surface area contributed by atoms with E-state index in [4.69, 9.17) is 14.6 Å². The number of benzene rings is 2. The lowest BCUT2D eigenvalue weighted by molar-refractivity contribution is -0.0212. The molecule has 140 valence electrons. The van der Waals surface area contributed by atoms with Crippen LogP contribution in [0.25, 0.3) is 0 Å². The van der Waals surface area contributed by atoms with E-state index in [0.717, 1.165) is 40.3 Å². The summed E-state index contributed by atoms with van der Waals surface area (Å²) in [7, 11) is 0. The Morgan fingerprint density at radius 2 is 1.86 bits per heavy atom. The average Bonchev–Trinajstić information content (AvgIpc) is 3.21. The molecule has 0 amide bonds. The molecule has 0 spiro atoms. The predicted octanol–water partition coefficient (Wildman–Crippen LogP) is 4.72. The molecule has 0 N–H and O–H groups in total. The maximum Gasteiger partial charge on any atom is 0.214 e. The lowest BCUT2D eigenvalue weighted by atomic mass is 9.95. The highest BCUT2D eigenvalue weighted by molar-refractivity contribution is 6.01. The molecule has 3 aromatic rings. The Hall–Kier alpha value is -3.34. The predicted molar refractivity (Wildman–Crippen MR) is 107 cm³/mol. The van der Waals surface area contributed by atoms with Gasteiger partial charge < -0.3 is 9.47 Å². The number of hydrazone groups is 1. The molecule has 2 aliphatic heterocycles. The SMILES string of the molecule is CCOc1cccc2c1O[C@@H](c1ccncc1)N1N=C(c3ccccc3)C[C@H]21. The van der Waals surface area contributed by atoms with Crippen molar-refractivity contribution < 1.29 is 9.47 Å². The second-order valence-corrected chi connectivity index (χ2v) is 6.87. The fraction of sp³-hybridized carbons (Fsp3) is 0.217. The van der Waals surface area contributed by atoms with Crippen LogP contribution >= 0.6 is 0 Å². The summed E-state index contributed by atoms with van der Waals surface area (Å²) >= 11 is 0. The molecule has 0 saturated heterocycles. The first kappa shape index (κ1) is 16.8. The topological polar surface area (TPSA) is 47.0 Å². The minimum Gasteiger partial charge on any atom is -0.490 e. The Balaban J connectivity index is 1.62. The molecular formula is C23H21N3O2. The third kappa shape index (κ3) is 2.80. The molecule has 1 aromatic heterocycles. The van der Waals surface area contributed by atoms with Crippen molar-refractivity contribution in [3.05, 3.63) is 89.7 Å². The number of nitrogens with zero attached hydrogens (tertiary/aromatic N) is 3. The number of hydrogen-bond donors (Lipinski definition) is 0. The van der Waals surface area contributed by atoms with Crippen LogP contribution < -0.4 is 9.47 Å². The van der Waals surface area contributed by atoms with E-state index >= 15 is 0 Å². The quantitative estimate of drug-likeness (QED) is 0.666. The van der Waals surface area contributed by atoms with Gasteiger partial charge in [0, 0.05) is 29.9 Å². The number of hydrogen-bond acceptors (Lipinski definition) is 5. The Labute approximate surface area is 164 Å². The summed E-state index contributed by atoms with van der Waals surface area (Å²) in [6.07, 6.45) is 4.09. The Morgan fingerprint density at radius 1 is 1.04 bits per heavy atom. The van der Waals surface area contributed by atoms with Crippen LogP contribution in [-0.2, 0) is 0 Å². The van der Waals surface area contributed by atoms with Crippen molar-refractivity contribution in [3.63, 3.8) is 0 Å². The normalized spacial score (nSPS) is 20.0. The molecule has 0 unspecified atom stereocenters. The summed E-state index contributed by atoms with van der Waals surface area (Å²) < 4.78 is 12.3. The van der Waals surface area contributed by atoms with E-state index in [9.17, 15) is 0 Å². The zero-order valence-corrected chi connectivity index (χ0v) is 15.7. The van der Waals surface area contributed by atoms with Crippen molar-refractivity contribution in [2.45, 2.75) is 25.6 Å². The van der Waals surface area contributed by atoms with Gasteiger partial charge in [-0.15, -0.1) is 0 Å². The summed E-state index contributed by atoms with van der Waals surface area (Å²) in [6.45, 7) is 2.58. The van der Waals surface area contributed by atoms with Gasteiger partial charge in [0.2, 0.25) is 6.23 Å². The molecule has 3 heterocycles. The lowest BCUT2D eigenvalue weighted by Crippen LogP contribution is -2.33. The molecule has 0 fully saturated rings. The highest BCUT2D eigenvalue weighted by Gasteiger charge is 2.42. The molecule has 5 rings (SSSR count). The van der Waals surface area contributed by atoms with Crippen LogP contribution in [0.2, 0.25) is 0 Å². The number of aromatic nitrogens is 1. The third-order valence-electron chi connectivity index (χ3n) is 5.18. The van der Waals surface area contributed by atoms with E-state index in [1.165, 1.54) is 0 Å². The van der Waals surface area contributed by atoms with E-state index < -0.39 is 0 Å². The lowest BCUT2D eigenvalue weighted by Gasteiger charge is -2.38. The maximum atomic E-state index is 6.47. The first-order chi connectivity index (χ1) is 13.8. The van der Waals surface area contributed by atoms with Gasteiger partial charge in [-0.3, -0.25) is 4.98 Å². The smallest absolute Gasteiger partial charge is 0.214 e. The summed E-state index contributed by atoms with van der Waals surface area (Å²) in [4.78, 5) is 4.14. The second kappa shape index (κ2) is 7.00. The summed E-state index contributed by atoms with van der Waals surface area (Å²) in [5, 5.41) is 7.06. The van der Waals surface area contributed by atoms with Crippen molar-refractivity contribution >= 4 is 5.71 Å². The zero-order chi connectivity index (χ0) is 18.9. The zero-order valence-electron chi connectivity index (χ0n) is 15.7. The van der Waals surface area contributed by atoms with Crippen LogP contribution in [0.4, 0.5) is 0 Å². The molecule has 0 saturated carbocycles. The van der Waals surface area contributed by atoms with E-state index in [1.54, 1.807) is 12.4 Å². The standard InChI is InChI=1S/C23H21N3O2/c1-2-27-21-10-6-9-18-20-15-19(16-7-4-3-5-8-16)25-26(20)23(28-22(18)21)17-11-13-24-14-12-17/h3-14,20,23H,2,15H2,1H3/t20-,23+/m1/s1. The Morgan fingerprint density at radius 3 is 2.64 bits per heavy atom. The fourth-order valence-corrected chi connectivity index (χ4v) is 3.91. The molecule has 0 aliphatic carbocycles. The molecule has 5 nitrogen and oxygen atoms in total. The maximum absolute atomic E-state index is 6.47. The highest BCUT2D eigenvalue weighted by atomic mass is 16.5. The minimum atomic E-state index is -0.316. The molecule has 5 heteroatoms. The van der Waals surface area contributed by atoms with Gasteiger partial charge >= 0.3 is 0 Å². The van der Waals surface area contributed by atoms with Crippen LogP contribution in [0.1, 0.15) is 42.3 Å². The summed E-state index contributed by atoms with van der Waals surface area (Å²) in [5.74, 6) is 1.60. The van der Waals surface area contributed by atoms with E-state index in [1.807, 2.05) is 49.4 Å². The van der Waals surface area contributed by atoms with Crippen LogP contribution in [0, 0.1) is 0 Å². The highest BCUT2D eigenvalue weighted by Crippen LogP contribution is 2.50. The van der Waals surface area contributed by atoms with E-state index in [2.05, 4.69) is 28.2 Å². The average molecular weight is 371 g/mol. The van der Waals surface area contributed by atoms with Gasteiger partial charge in [-0.1, -0.05) is 42.5 Å². The van der Waals surface area contributed by atoms with Gasteiger partial charge in [-0.2, -0.15) is 5.10 Å². The fourth-order valence-electron chi connectivity index (χ4n) is 3.91. The Bertz CT molecular complexity index is 1000. The first-order valence-electron chi connectivity index (χ1n) is 9.58. The molecular weight excluding hydrogens is 350 g/mol. The van der Waals surface area contributed by atoms with Crippen molar-refractivity contribution in [1.82, 2.24) is 9.99 Å². The molecule has 2 aliphatic rings. The largest absolute Gasteiger partial charge is 0.490 e. The number of pyridine rings is 1. The van der Waals surface area contributed by atoms with Crippen molar-refractivity contribution in [1.29, 1.82) is 0 Å². The number of ether oxygens (including phenoxy) is 2. The second-order valence-electron chi connectivity index (χ2n) is 6.87. The number of fused-ring (bicyclic) bond motifs is 3. The van der Waals surface area contributed by atoms with Crippen LogP contribution in [0.3, 0.4) is 0 Å². The number of para-hydroxylation sites is 1. The van der Waals surface area contributed by atoms with Gasteiger partial charge in [0.25, 0.3) is 0 Å². The van der Waals surface area contributed by atoms with E-state index in [0.29, 0.717) is 6.61 Å². The molecule has 0 radical (unpaired) electrons. The molecule has 0 bridgehead atoms. The van der Waals surface area contributed by atoms with Crippen LogP contribution in [0.5, 0.6) is 11.5 Å². The van der Waals surface area contributed by atoms with Gasteiger partial charge in [-0.05, 0) is 30.7 Å². The number of rotatable bonds is 4. The third-order valence-corrected chi connectivity index (χ3v) is 5.18. The van der Waals surface area contributed by atoms with Gasteiger partial charge in [-0.25, -0.2) is 5.01 Å². The van der Waals surface area contributed by atoms with Gasteiger partial charge in [0.05, 0.1) is 18.4 Å². The van der Waals surface area contributed by atoms with Gasteiger partial charge in [0.1, 0.15) is 0 Å². The van der Waals surface area contributed by atoms with Gasteiger partial charge in [0.15, 0.2) is 11.5 Å². The van der Waals surface area contributed by atoms with Crippen LogP contribution in [0.15, 0.2) is 78.2 Å². The van der Waals surface area contributed by atoms with Crippen molar-refractivity contribution in [3.8, 4) is 11.5 Å². The molecule has 2 atom stereocenters. The van der Waals surface area contributed by atoms with Crippen LogP contribution in [-0.4, -0.2) is 22.3 Å². The minimum absolute atomic E-state index is 0.109.